The molecular weight excluding hydrogens is 264 g/mol. The molecule has 1 aliphatic rings. The monoisotopic (exact) mass is 274 g/mol. The van der Waals surface area contributed by atoms with Crippen molar-refractivity contribution in [2.45, 2.75) is 6.54 Å². The number of fused-ring (bicyclic) bond motifs is 1. The van der Waals surface area contributed by atoms with Crippen LogP contribution in [0.3, 0.4) is 0 Å². The van der Waals surface area contributed by atoms with E-state index >= 15 is 0 Å². The molecule has 0 fully saturated rings. The number of nitro groups is 1. The number of hydrogen-bond donors (Lipinski definition) is 1. The highest BCUT2D eigenvalue weighted by molar-refractivity contribution is 5.45. The maximum atomic E-state index is 10.5. The van der Waals surface area contributed by atoms with E-state index in [1.54, 1.807) is 0 Å². The number of hydrogen-bond acceptors (Lipinski definition) is 7. The number of nitrogens with zero attached hydrogens (tertiary/aromatic N) is 3. The summed E-state index contributed by atoms with van der Waals surface area (Å²) in [4.78, 5) is 17.7. The number of benzene rings is 1. The molecular formula is C12H10N4O4. The SMILES string of the molecule is O=[N+]([O-])c1cnc(NCc2ccc3c(c2)OCO3)nc1. The summed E-state index contributed by atoms with van der Waals surface area (Å²) in [5.41, 5.74) is 0.829. The lowest BCUT2D eigenvalue weighted by molar-refractivity contribution is -0.385. The van der Waals surface area contributed by atoms with E-state index in [0.29, 0.717) is 18.2 Å². The van der Waals surface area contributed by atoms with Gasteiger partial charge in [-0.3, -0.25) is 10.1 Å². The Bertz CT molecular complexity index is 644. The second-order valence-electron chi connectivity index (χ2n) is 4.06. The van der Waals surface area contributed by atoms with E-state index in [1.165, 1.54) is 0 Å². The predicted octanol–water partition coefficient (Wildman–Crippen LogP) is 1.73. The molecule has 0 atom stereocenters. The van der Waals surface area contributed by atoms with Crippen LogP contribution in [0.15, 0.2) is 30.6 Å². The van der Waals surface area contributed by atoms with Gasteiger partial charge in [-0.15, -0.1) is 0 Å². The molecule has 20 heavy (non-hydrogen) atoms. The van der Waals surface area contributed by atoms with Gasteiger partial charge in [0.25, 0.3) is 0 Å². The Labute approximate surface area is 113 Å². The summed E-state index contributed by atoms with van der Waals surface area (Å²) in [5, 5.41) is 13.5. The number of rotatable bonds is 4. The quantitative estimate of drug-likeness (QED) is 0.669. The van der Waals surface area contributed by atoms with Crippen LogP contribution in [0, 0.1) is 10.1 Å². The van der Waals surface area contributed by atoms with E-state index in [2.05, 4.69) is 15.3 Å². The molecule has 8 nitrogen and oxygen atoms in total. The topological polar surface area (TPSA) is 99.4 Å². The smallest absolute Gasteiger partial charge is 0.305 e. The second kappa shape index (κ2) is 5.00. The molecule has 102 valence electrons. The molecule has 0 spiro atoms. The summed E-state index contributed by atoms with van der Waals surface area (Å²) in [6.45, 7) is 0.714. The Kier molecular flexibility index (Phi) is 3.04. The fourth-order valence-electron chi connectivity index (χ4n) is 1.74. The van der Waals surface area contributed by atoms with Crippen molar-refractivity contribution >= 4 is 11.6 Å². The molecule has 1 aliphatic heterocycles. The average Bonchev–Trinajstić information content (AvgIpc) is 2.93. The molecule has 0 radical (unpaired) electrons. The third-order valence-corrected chi connectivity index (χ3v) is 2.74. The first-order valence-corrected chi connectivity index (χ1v) is 5.81. The van der Waals surface area contributed by atoms with Crippen molar-refractivity contribution in [1.82, 2.24) is 9.97 Å². The van der Waals surface area contributed by atoms with Crippen LogP contribution in [0.1, 0.15) is 5.56 Å². The predicted molar refractivity (Wildman–Crippen MR) is 68.6 cm³/mol. The van der Waals surface area contributed by atoms with Gasteiger partial charge >= 0.3 is 5.69 Å². The molecule has 0 amide bonds. The summed E-state index contributed by atoms with van der Waals surface area (Å²) in [7, 11) is 0. The molecule has 1 aromatic carbocycles. The average molecular weight is 274 g/mol. The molecule has 2 heterocycles. The maximum absolute atomic E-state index is 10.5. The first kappa shape index (κ1) is 12.2. The van der Waals surface area contributed by atoms with Gasteiger partial charge in [0.15, 0.2) is 11.5 Å². The van der Waals surface area contributed by atoms with E-state index in [9.17, 15) is 10.1 Å². The zero-order valence-corrected chi connectivity index (χ0v) is 10.3. The zero-order chi connectivity index (χ0) is 13.9. The fourth-order valence-corrected chi connectivity index (χ4v) is 1.74. The molecule has 8 heteroatoms. The fraction of sp³-hybridized carbons (Fsp3) is 0.167. The first-order valence-electron chi connectivity index (χ1n) is 5.81. The summed E-state index contributed by atoms with van der Waals surface area (Å²) in [5.74, 6) is 1.75. The molecule has 0 unspecified atom stereocenters. The lowest BCUT2D eigenvalue weighted by Crippen LogP contribution is -2.03. The Morgan fingerprint density at radius 3 is 2.75 bits per heavy atom. The molecule has 0 saturated heterocycles. The Balaban J connectivity index is 1.65. The van der Waals surface area contributed by atoms with Gasteiger partial charge in [0.1, 0.15) is 12.4 Å². The normalized spacial score (nSPS) is 12.2. The lowest BCUT2D eigenvalue weighted by Gasteiger charge is -2.05. The van der Waals surface area contributed by atoms with Gasteiger partial charge in [-0.2, -0.15) is 0 Å². The molecule has 1 aromatic heterocycles. The van der Waals surface area contributed by atoms with Crippen LogP contribution in [-0.2, 0) is 6.54 Å². The van der Waals surface area contributed by atoms with Gasteiger partial charge in [0.2, 0.25) is 12.7 Å². The second-order valence-corrected chi connectivity index (χ2v) is 4.06. The lowest BCUT2D eigenvalue weighted by atomic mass is 10.2. The van der Waals surface area contributed by atoms with Crippen molar-refractivity contribution in [2.24, 2.45) is 0 Å². The Morgan fingerprint density at radius 1 is 1.25 bits per heavy atom. The van der Waals surface area contributed by atoms with Crippen molar-refractivity contribution in [3.63, 3.8) is 0 Å². The minimum atomic E-state index is -0.540. The molecule has 0 bridgehead atoms. The van der Waals surface area contributed by atoms with Crippen LogP contribution in [0.5, 0.6) is 11.5 Å². The van der Waals surface area contributed by atoms with Gasteiger partial charge in [-0.25, -0.2) is 9.97 Å². The summed E-state index contributed by atoms with van der Waals surface area (Å²) in [6, 6.07) is 5.59. The molecule has 0 saturated carbocycles. The van der Waals surface area contributed by atoms with Gasteiger partial charge in [-0.1, -0.05) is 6.07 Å². The summed E-state index contributed by atoms with van der Waals surface area (Å²) >= 11 is 0. The van der Waals surface area contributed by atoms with Crippen molar-refractivity contribution in [1.29, 1.82) is 0 Å². The van der Waals surface area contributed by atoms with Crippen LogP contribution in [0.2, 0.25) is 0 Å². The summed E-state index contributed by atoms with van der Waals surface area (Å²) < 4.78 is 10.5. The standard InChI is InChI=1S/C12H10N4O4/c17-16(18)9-5-14-12(15-6-9)13-4-8-1-2-10-11(3-8)20-7-19-10/h1-3,5-6H,4,7H2,(H,13,14,15). The minimum Gasteiger partial charge on any atom is -0.454 e. The first-order chi connectivity index (χ1) is 9.72. The van der Waals surface area contributed by atoms with E-state index in [1.807, 2.05) is 18.2 Å². The van der Waals surface area contributed by atoms with E-state index < -0.39 is 4.92 Å². The van der Waals surface area contributed by atoms with Crippen LogP contribution >= 0.6 is 0 Å². The Morgan fingerprint density at radius 2 is 2.00 bits per heavy atom. The van der Waals surface area contributed by atoms with Crippen LogP contribution in [0.25, 0.3) is 0 Å². The van der Waals surface area contributed by atoms with Crippen LogP contribution in [-0.4, -0.2) is 21.7 Å². The third-order valence-electron chi connectivity index (χ3n) is 2.74. The number of ether oxygens (including phenoxy) is 2. The number of nitrogens with one attached hydrogen (secondary N) is 1. The van der Waals surface area contributed by atoms with Crippen LogP contribution in [0.4, 0.5) is 11.6 Å². The zero-order valence-electron chi connectivity index (χ0n) is 10.3. The maximum Gasteiger partial charge on any atom is 0.305 e. The van der Waals surface area contributed by atoms with Crippen molar-refractivity contribution < 1.29 is 14.4 Å². The van der Waals surface area contributed by atoms with Crippen molar-refractivity contribution in [3.05, 3.63) is 46.3 Å². The van der Waals surface area contributed by atoms with Gasteiger partial charge in [-0.05, 0) is 17.7 Å². The third kappa shape index (κ3) is 2.44. The molecule has 2 aromatic rings. The Hall–Kier alpha value is -2.90. The molecule has 3 rings (SSSR count). The van der Waals surface area contributed by atoms with Gasteiger partial charge < -0.3 is 14.8 Å². The van der Waals surface area contributed by atoms with Crippen molar-refractivity contribution in [3.8, 4) is 11.5 Å². The van der Waals surface area contributed by atoms with Gasteiger partial charge in [0.05, 0.1) is 4.92 Å². The van der Waals surface area contributed by atoms with E-state index in [-0.39, 0.29) is 12.5 Å². The van der Waals surface area contributed by atoms with Gasteiger partial charge in [0, 0.05) is 6.54 Å². The highest BCUT2D eigenvalue weighted by Gasteiger charge is 2.13. The van der Waals surface area contributed by atoms with Crippen molar-refractivity contribution in [2.75, 3.05) is 12.1 Å². The highest BCUT2D eigenvalue weighted by atomic mass is 16.7. The largest absolute Gasteiger partial charge is 0.454 e. The molecule has 1 N–H and O–H groups in total. The number of anilines is 1. The summed E-state index contributed by atoms with van der Waals surface area (Å²) in [6.07, 6.45) is 2.32. The minimum absolute atomic E-state index is 0.140. The molecule has 0 aliphatic carbocycles. The van der Waals surface area contributed by atoms with E-state index in [0.717, 1.165) is 23.7 Å². The number of aromatic nitrogens is 2. The highest BCUT2D eigenvalue weighted by Crippen LogP contribution is 2.32. The van der Waals surface area contributed by atoms with Crippen LogP contribution < -0.4 is 14.8 Å². The van der Waals surface area contributed by atoms with E-state index in [4.69, 9.17) is 9.47 Å².